The van der Waals surface area contributed by atoms with Crippen molar-refractivity contribution >= 4 is 52.1 Å². The van der Waals surface area contributed by atoms with E-state index >= 15 is 0 Å². The minimum atomic E-state index is -0.860. The van der Waals surface area contributed by atoms with Gasteiger partial charge in [0.2, 0.25) is 0 Å². The van der Waals surface area contributed by atoms with Crippen molar-refractivity contribution in [2.45, 2.75) is 0 Å². The third-order valence-electron chi connectivity index (χ3n) is 3.37. The smallest absolute Gasteiger partial charge is 0.341 e. The number of amides is 1. The molecule has 2 aromatic rings. The number of nitro benzene ring substituents is 1. The van der Waals surface area contributed by atoms with E-state index in [1.54, 1.807) is 19.0 Å². The Morgan fingerprint density at radius 3 is 2.33 bits per heavy atom. The lowest BCUT2D eigenvalue weighted by molar-refractivity contribution is -0.384. The first-order valence-electron chi connectivity index (χ1n) is 7.56. The van der Waals surface area contributed by atoms with E-state index in [2.05, 4.69) is 5.32 Å². The summed E-state index contributed by atoms with van der Waals surface area (Å²) in [6.07, 6.45) is 0. The average molecular weight is 412 g/mol. The van der Waals surface area contributed by atoms with Gasteiger partial charge < -0.3 is 15.0 Å². The van der Waals surface area contributed by atoms with E-state index in [1.807, 2.05) is 0 Å². The van der Waals surface area contributed by atoms with Crippen molar-refractivity contribution in [3.05, 3.63) is 62.1 Å². The predicted molar refractivity (Wildman–Crippen MR) is 103 cm³/mol. The number of rotatable bonds is 6. The standard InChI is InChI=1S/C17H15Cl2N3O5/c1-21(2)15-4-3-13(22(25)26)8-14(15)17(24)27-9-16(23)20-12-6-10(18)5-11(19)7-12/h3-8H,9H2,1-2H3,(H,20,23). The second kappa shape index (κ2) is 8.70. The molecule has 0 aliphatic heterocycles. The zero-order valence-electron chi connectivity index (χ0n) is 14.4. The van der Waals surface area contributed by atoms with Crippen LogP contribution in [0.15, 0.2) is 36.4 Å². The quantitative estimate of drug-likeness (QED) is 0.440. The van der Waals surface area contributed by atoms with Crippen LogP contribution in [-0.4, -0.2) is 37.5 Å². The minimum absolute atomic E-state index is 0.0206. The van der Waals surface area contributed by atoms with E-state index in [0.717, 1.165) is 6.07 Å². The molecule has 0 saturated carbocycles. The largest absolute Gasteiger partial charge is 0.452 e. The summed E-state index contributed by atoms with van der Waals surface area (Å²) in [5, 5.41) is 14.1. The number of halogens is 2. The number of esters is 1. The van der Waals surface area contributed by atoms with E-state index < -0.39 is 23.4 Å². The number of ether oxygens (including phenoxy) is 1. The maximum atomic E-state index is 12.3. The van der Waals surface area contributed by atoms with Gasteiger partial charge in [-0.25, -0.2) is 4.79 Å². The Balaban J connectivity index is 2.09. The van der Waals surface area contributed by atoms with E-state index in [-0.39, 0.29) is 11.3 Å². The van der Waals surface area contributed by atoms with Crippen molar-refractivity contribution in [3.8, 4) is 0 Å². The molecule has 0 saturated heterocycles. The Morgan fingerprint density at radius 1 is 1.15 bits per heavy atom. The highest BCUT2D eigenvalue weighted by molar-refractivity contribution is 6.35. The van der Waals surface area contributed by atoms with Crippen LogP contribution in [0.1, 0.15) is 10.4 Å². The first-order valence-corrected chi connectivity index (χ1v) is 8.32. The summed E-state index contributed by atoms with van der Waals surface area (Å²) in [5.74, 6) is -1.47. The highest BCUT2D eigenvalue weighted by Gasteiger charge is 2.20. The number of nitrogens with zero attached hydrogens (tertiary/aromatic N) is 2. The molecule has 0 aliphatic carbocycles. The van der Waals surface area contributed by atoms with Gasteiger partial charge in [-0.2, -0.15) is 0 Å². The van der Waals surface area contributed by atoms with E-state index in [1.165, 1.54) is 30.3 Å². The SMILES string of the molecule is CN(C)c1ccc([N+](=O)[O-])cc1C(=O)OCC(=O)Nc1cc(Cl)cc(Cl)c1. The summed E-state index contributed by atoms with van der Waals surface area (Å²) in [4.78, 5) is 36.2. The molecule has 0 radical (unpaired) electrons. The van der Waals surface area contributed by atoms with Crippen LogP contribution in [0.2, 0.25) is 10.0 Å². The lowest BCUT2D eigenvalue weighted by Gasteiger charge is -2.16. The van der Waals surface area contributed by atoms with Gasteiger partial charge in [0, 0.05) is 42.0 Å². The van der Waals surface area contributed by atoms with Gasteiger partial charge in [0.25, 0.3) is 11.6 Å². The fourth-order valence-electron chi connectivity index (χ4n) is 2.22. The van der Waals surface area contributed by atoms with Crippen molar-refractivity contribution in [2.24, 2.45) is 0 Å². The maximum absolute atomic E-state index is 12.3. The van der Waals surface area contributed by atoms with Gasteiger partial charge in [0.15, 0.2) is 6.61 Å². The number of non-ortho nitro benzene ring substituents is 1. The van der Waals surface area contributed by atoms with E-state index in [0.29, 0.717) is 21.4 Å². The monoisotopic (exact) mass is 411 g/mol. The van der Waals surface area contributed by atoms with Crippen molar-refractivity contribution in [1.29, 1.82) is 0 Å². The van der Waals surface area contributed by atoms with Gasteiger partial charge in [-0.05, 0) is 24.3 Å². The molecule has 10 heteroatoms. The number of anilines is 2. The van der Waals surface area contributed by atoms with E-state index in [4.69, 9.17) is 27.9 Å². The number of carbonyl (C=O) groups excluding carboxylic acids is 2. The molecule has 27 heavy (non-hydrogen) atoms. The molecule has 1 amide bonds. The molecular formula is C17H15Cl2N3O5. The molecule has 2 aromatic carbocycles. The number of nitrogens with one attached hydrogen (secondary N) is 1. The zero-order valence-corrected chi connectivity index (χ0v) is 15.9. The van der Waals surface area contributed by atoms with Gasteiger partial charge in [-0.15, -0.1) is 0 Å². The third-order valence-corrected chi connectivity index (χ3v) is 3.81. The maximum Gasteiger partial charge on any atom is 0.341 e. The fourth-order valence-corrected chi connectivity index (χ4v) is 2.75. The molecule has 2 rings (SSSR count). The third kappa shape index (κ3) is 5.57. The predicted octanol–water partition coefficient (Wildman–Crippen LogP) is 3.76. The van der Waals surface area contributed by atoms with Gasteiger partial charge in [0.05, 0.1) is 16.2 Å². The number of nitro groups is 1. The summed E-state index contributed by atoms with van der Waals surface area (Å²) in [6.45, 7) is -0.585. The fraction of sp³-hybridized carbons (Fsp3) is 0.176. The summed E-state index contributed by atoms with van der Waals surface area (Å²) < 4.78 is 4.98. The Labute approximate surface area is 164 Å². The summed E-state index contributed by atoms with van der Waals surface area (Å²) in [7, 11) is 3.35. The van der Waals surface area contributed by atoms with Crippen LogP contribution in [0.4, 0.5) is 17.1 Å². The van der Waals surface area contributed by atoms with Crippen molar-refractivity contribution in [2.75, 3.05) is 30.9 Å². The molecule has 142 valence electrons. The first-order chi connectivity index (χ1) is 12.7. The summed E-state index contributed by atoms with van der Waals surface area (Å²) >= 11 is 11.7. The number of hydrogen-bond acceptors (Lipinski definition) is 6. The van der Waals surface area contributed by atoms with Crippen LogP contribution >= 0.6 is 23.2 Å². The lowest BCUT2D eigenvalue weighted by atomic mass is 10.1. The van der Waals surface area contributed by atoms with Crippen LogP contribution in [0.25, 0.3) is 0 Å². The van der Waals surface area contributed by atoms with Crippen LogP contribution in [0.5, 0.6) is 0 Å². The van der Waals surface area contributed by atoms with Crippen LogP contribution in [0, 0.1) is 10.1 Å². The highest BCUT2D eigenvalue weighted by atomic mass is 35.5. The topological polar surface area (TPSA) is 102 Å². The van der Waals surface area contributed by atoms with Gasteiger partial charge in [-0.3, -0.25) is 14.9 Å². The molecule has 1 N–H and O–H groups in total. The molecule has 0 atom stereocenters. The van der Waals surface area contributed by atoms with Gasteiger partial charge in [-0.1, -0.05) is 23.2 Å². The Hall–Kier alpha value is -2.84. The van der Waals surface area contributed by atoms with Gasteiger partial charge >= 0.3 is 5.97 Å². The molecule has 0 heterocycles. The minimum Gasteiger partial charge on any atom is -0.452 e. The van der Waals surface area contributed by atoms with Crippen LogP contribution in [-0.2, 0) is 9.53 Å². The average Bonchev–Trinajstić information content (AvgIpc) is 2.58. The Bertz CT molecular complexity index is 882. The summed E-state index contributed by atoms with van der Waals surface area (Å²) in [5.41, 5.74) is 0.490. The van der Waals surface area contributed by atoms with Crippen molar-refractivity contribution in [3.63, 3.8) is 0 Å². The van der Waals surface area contributed by atoms with E-state index in [9.17, 15) is 19.7 Å². The van der Waals surface area contributed by atoms with Crippen molar-refractivity contribution in [1.82, 2.24) is 0 Å². The molecule has 0 spiro atoms. The first kappa shape index (κ1) is 20.5. The second-order valence-corrected chi connectivity index (χ2v) is 6.51. The molecular weight excluding hydrogens is 397 g/mol. The molecule has 0 aromatic heterocycles. The lowest BCUT2D eigenvalue weighted by Crippen LogP contribution is -2.22. The van der Waals surface area contributed by atoms with Crippen LogP contribution in [0.3, 0.4) is 0 Å². The summed E-state index contributed by atoms with van der Waals surface area (Å²) in [6, 6.07) is 8.29. The number of hydrogen-bond donors (Lipinski definition) is 1. The van der Waals surface area contributed by atoms with Crippen molar-refractivity contribution < 1.29 is 19.2 Å². The highest BCUT2D eigenvalue weighted by Crippen LogP contribution is 2.25. The molecule has 0 unspecified atom stereocenters. The molecule has 0 fully saturated rings. The van der Waals surface area contributed by atoms with Gasteiger partial charge in [0.1, 0.15) is 0 Å². The molecule has 0 aliphatic rings. The normalized spacial score (nSPS) is 10.2. The number of benzene rings is 2. The Morgan fingerprint density at radius 2 is 1.78 bits per heavy atom. The zero-order chi connectivity index (χ0) is 20.1. The van der Waals surface area contributed by atoms with Crippen LogP contribution < -0.4 is 10.2 Å². The molecule has 8 nitrogen and oxygen atoms in total. The number of carbonyl (C=O) groups is 2. The Kier molecular flexibility index (Phi) is 6.59. The molecule has 0 bridgehead atoms. The second-order valence-electron chi connectivity index (χ2n) is 5.64.